The minimum absolute atomic E-state index is 0.126. The van der Waals surface area contributed by atoms with Crippen molar-refractivity contribution in [3.8, 4) is 11.5 Å². The number of aliphatic hydroxyl groups excluding tert-OH is 1. The summed E-state index contributed by atoms with van der Waals surface area (Å²) >= 11 is 0. The highest BCUT2D eigenvalue weighted by Gasteiger charge is 2.45. The van der Waals surface area contributed by atoms with Crippen LogP contribution >= 0.6 is 0 Å². The van der Waals surface area contributed by atoms with E-state index >= 15 is 0 Å². The van der Waals surface area contributed by atoms with E-state index in [-0.39, 0.29) is 29.9 Å². The molecule has 3 heterocycles. The molecule has 2 aliphatic rings. The Morgan fingerprint density at radius 1 is 0.980 bits per heavy atom. The molecule has 0 aliphatic carbocycles. The number of hydrogen-bond acceptors (Lipinski definition) is 9. The summed E-state index contributed by atoms with van der Waals surface area (Å²) in [7, 11) is 2.07. The van der Waals surface area contributed by atoms with Crippen LogP contribution in [-0.2, 0) is 17.9 Å². The first-order valence-corrected chi connectivity index (χ1v) is 16.8. The van der Waals surface area contributed by atoms with Crippen molar-refractivity contribution < 1.29 is 39.0 Å². The van der Waals surface area contributed by atoms with Crippen LogP contribution in [0, 0.1) is 0 Å². The van der Waals surface area contributed by atoms with Crippen molar-refractivity contribution in [2.24, 2.45) is 0 Å². The van der Waals surface area contributed by atoms with Crippen molar-refractivity contribution in [3.63, 3.8) is 0 Å². The van der Waals surface area contributed by atoms with E-state index in [1.807, 2.05) is 41.1 Å². The number of nitrogens with one attached hydrogen (secondary N) is 2. The topological polar surface area (TPSA) is 163 Å². The Morgan fingerprint density at radius 2 is 1.82 bits per heavy atom. The lowest BCUT2D eigenvalue weighted by Gasteiger charge is -2.33. The molecule has 1 saturated heterocycles. The molecule has 0 radical (unpaired) electrons. The third-order valence-corrected chi connectivity index (χ3v) is 9.11. The van der Waals surface area contributed by atoms with Crippen LogP contribution in [0.5, 0.6) is 11.5 Å². The monoisotopic (exact) mass is 683 g/mol. The smallest absolute Gasteiger partial charge is 0.274 e. The normalized spacial score (nSPS) is 17.3. The molecule has 2 unspecified atom stereocenters. The van der Waals surface area contributed by atoms with E-state index in [4.69, 9.17) is 14.7 Å². The lowest BCUT2D eigenvalue weighted by molar-refractivity contribution is -0.129. The predicted molar refractivity (Wildman–Crippen MR) is 183 cm³/mol. The molecule has 4 aromatic rings. The molecular weight excluding hydrogens is 642 g/mol. The zero-order valence-corrected chi connectivity index (χ0v) is 27.8. The number of hydrogen-bond donors (Lipinski definition) is 4. The number of aliphatic hydroxyl groups is 1. The summed E-state index contributed by atoms with van der Waals surface area (Å²) in [6, 6.07) is 19.4. The number of carbonyl (C=O) groups excluding carboxylic acids is 4. The maximum absolute atomic E-state index is 13.3. The number of ether oxygens (including phenoxy) is 2. The molecule has 3 aromatic carbocycles. The van der Waals surface area contributed by atoms with Gasteiger partial charge in [0.25, 0.3) is 17.7 Å². The van der Waals surface area contributed by atoms with Crippen molar-refractivity contribution in [1.29, 1.82) is 0 Å². The lowest BCUT2D eigenvalue weighted by atomic mass is 10.0. The number of amides is 4. The number of nitrogens with zero attached hydrogens (tertiary/aromatic N) is 3. The van der Waals surface area contributed by atoms with Crippen molar-refractivity contribution >= 4 is 34.5 Å². The number of imide groups is 1. The molecule has 13 heteroatoms. The Balaban J connectivity index is 0.921. The van der Waals surface area contributed by atoms with Gasteiger partial charge in [0.2, 0.25) is 5.91 Å². The number of aromatic nitrogens is 1. The second-order valence-corrected chi connectivity index (χ2v) is 12.6. The summed E-state index contributed by atoms with van der Waals surface area (Å²) in [4.78, 5) is 53.1. The Labute approximate surface area is 289 Å². The third kappa shape index (κ3) is 7.65. The lowest BCUT2D eigenvalue weighted by Crippen LogP contribution is -2.57. The van der Waals surface area contributed by atoms with Crippen molar-refractivity contribution in [2.45, 2.75) is 57.5 Å². The fourth-order valence-electron chi connectivity index (χ4n) is 6.55. The number of fused-ring (bicyclic) bond motifs is 2. The van der Waals surface area contributed by atoms with Crippen LogP contribution in [0.25, 0.3) is 10.9 Å². The molecule has 0 spiro atoms. The number of benzene rings is 3. The van der Waals surface area contributed by atoms with Crippen LogP contribution in [-0.4, -0.2) is 87.4 Å². The van der Waals surface area contributed by atoms with Crippen LogP contribution in [0.1, 0.15) is 68.7 Å². The molecule has 262 valence electrons. The first-order chi connectivity index (χ1) is 24.2. The van der Waals surface area contributed by atoms with Crippen LogP contribution in [0.2, 0.25) is 0 Å². The Kier molecular flexibility index (Phi) is 10.8. The number of hydroxylamine groups is 1. The molecule has 0 saturated carbocycles. The van der Waals surface area contributed by atoms with E-state index < -0.39 is 30.0 Å². The molecule has 50 heavy (non-hydrogen) atoms. The minimum atomic E-state index is -1.30. The quantitative estimate of drug-likeness (QED) is 0.0634. The fraction of sp³-hybridized carbons (Fsp3) is 0.351. The molecule has 2 atom stereocenters. The largest absolute Gasteiger partial charge is 0.493 e. The van der Waals surface area contributed by atoms with E-state index in [1.54, 1.807) is 35.8 Å². The maximum Gasteiger partial charge on any atom is 0.274 e. The number of carbonyl (C=O) groups is 4. The molecular formula is C37H41N5O8. The van der Waals surface area contributed by atoms with Gasteiger partial charge in [-0.05, 0) is 92.7 Å². The summed E-state index contributed by atoms with van der Waals surface area (Å²) in [5.41, 5.74) is 4.51. The van der Waals surface area contributed by atoms with Crippen molar-refractivity contribution in [3.05, 3.63) is 95.2 Å². The van der Waals surface area contributed by atoms with Gasteiger partial charge < -0.3 is 29.4 Å². The Morgan fingerprint density at radius 3 is 2.64 bits per heavy atom. The fourth-order valence-corrected chi connectivity index (χ4v) is 6.55. The first kappa shape index (κ1) is 34.6. The molecule has 4 N–H and O–H groups in total. The van der Waals surface area contributed by atoms with Crippen molar-refractivity contribution in [1.82, 2.24) is 25.2 Å². The molecule has 4 amide bonds. The highest BCUT2D eigenvalue weighted by molar-refractivity contribution is 6.23. The second kappa shape index (κ2) is 15.5. The minimum Gasteiger partial charge on any atom is -0.493 e. The standard InChI is InChI=1S/C37H41N5O8/c1-40(23-24-7-5-8-27(21-24)49-20-18-41-17-15-25-11-12-26(22-30(25)41)34(44)39-48)16-3-2-4-19-50-31-10-6-9-28-33(31)37(47)42(36(28)46)29-13-14-32(43)38-35(29)45/h5-12,15,17,21-22,29,35,45,48H,2-4,13-14,16,18-20,23H2,1H3,(H,38,43)(H,39,44). The van der Waals surface area contributed by atoms with E-state index in [0.717, 1.165) is 59.5 Å². The van der Waals surface area contributed by atoms with Gasteiger partial charge in [0, 0.05) is 30.2 Å². The third-order valence-electron chi connectivity index (χ3n) is 9.11. The van der Waals surface area contributed by atoms with E-state index in [2.05, 4.69) is 23.3 Å². The van der Waals surface area contributed by atoms with Crippen LogP contribution < -0.4 is 20.3 Å². The summed E-state index contributed by atoms with van der Waals surface area (Å²) in [6.07, 6.45) is 3.61. The zero-order valence-electron chi connectivity index (χ0n) is 27.8. The van der Waals surface area contributed by atoms with Crippen LogP contribution in [0.3, 0.4) is 0 Å². The van der Waals surface area contributed by atoms with Gasteiger partial charge >= 0.3 is 0 Å². The summed E-state index contributed by atoms with van der Waals surface area (Å²) in [5, 5.41) is 22.7. The molecule has 13 nitrogen and oxygen atoms in total. The van der Waals surface area contributed by atoms with Gasteiger partial charge in [-0.1, -0.05) is 24.3 Å². The van der Waals surface area contributed by atoms with E-state index in [0.29, 0.717) is 31.1 Å². The molecule has 1 aromatic heterocycles. The van der Waals surface area contributed by atoms with Gasteiger partial charge in [0.15, 0.2) is 0 Å². The first-order valence-electron chi connectivity index (χ1n) is 16.8. The average Bonchev–Trinajstić information content (AvgIpc) is 3.63. The number of piperidine rings is 1. The van der Waals surface area contributed by atoms with Crippen LogP contribution in [0.4, 0.5) is 0 Å². The van der Waals surface area contributed by atoms with Crippen LogP contribution in [0.15, 0.2) is 72.9 Å². The molecule has 1 fully saturated rings. The summed E-state index contributed by atoms with van der Waals surface area (Å²) in [5.74, 6) is -0.752. The molecule has 6 rings (SSSR count). The van der Waals surface area contributed by atoms with Gasteiger partial charge in [-0.15, -0.1) is 0 Å². The van der Waals surface area contributed by atoms with Gasteiger partial charge in [-0.3, -0.25) is 29.3 Å². The van der Waals surface area contributed by atoms with Gasteiger partial charge in [-0.25, -0.2) is 5.48 Å². The second-order valence-electron chi connectivity index (χ2n) is 12.6. The maximum atomic E-state index is 13.3. The highest BCUT2D eigenvalue weighted by Crippen LogP contribution is 2.34. The van der Waals surface area contributed by atoms with E-state index in [1.165, 1.54) is 0 Å². The van der Waals surface area contributed by atoms with Gasteiger partial charge in [-0.2, -0.15) is 0 Å². The van der Waals surface area contributed by atoms with Gasteiger partial charge in [0.1, 0.15) is 24.3 Å². The molecule has 2 aliphatic heterocycles. The Bertz CT molecular complexity index is 1890. The van der Waals surface area contributed by atoms with E-state index in [9.17, 15) is 24.3 Å². The average molecular weight is 684 g/mol. The SMILES string of the molecule is CN(CCCCCOc1cccc2c1C(=O)N(C1CCC(=O)NC1O)C2=O)Cc1cccc(OCCn2ccc3ccc(C(=O)NO)cc32)c1. The summed E-state index contributed by atoms with van der Waals surface area (Å²) in [6.45, 7) is 3.06. The molecule has 0 bridgehead atoms. The Hall–Kier alpha value is -5.24. The number of unbranched alkanes of at least 4 members (excludes halogenated alkanes) is 2. The predicted octanol–water partition coefficient (Wildman–Crippen LogP) is 3.71. The highest BCUT2D eigenvalue weighted by atomic mass is 16.5. The number of rotatable bonds is 15. The summed E-state index contributed by atoms with van der Waals surface area (Å²) < 4.78 is 14.0. The van der Waals surface area contributed by atoms with Gasteiger partial charge in [0.05, 0.1) is 30.3 Å². The van der Waals surface area contributed by atoms with Crippen molar-refractivity contribution in [2.75, 3.05) is 26.8 Å². The zero-order chi connectivity index (χ0) is 35.2.